The lowest BCUT2D eigenvalue weighted by molar-refractivity contribution is -0.148. The van der Waals surface area contributed by atoms with Crippen molar-refractivity contribution >= 4 is 5.97 Å². The van der Waals surface area contributed by atoms with Crippen LogP contribution in [0.5, 0.6) is 0 Å². The van der Waals surface area contributed by atoms with E-state index in [1.165, 1.54) is 0 Å². The van der Waals surface area contributed by atoms with Crippen molar-refractivity contribution in [2.45, 2.75) is 105 Å². The second-order valence-electron chi connectivity index (χ2n) is 7.74. The molecule has 228 valence electrons. The molecule has 0 aliphatic heterocycles. The van der Waals surface area contributed by atoms with E-state index in [0.717, 1.165) is 0 Å². The zero-order chi connectivity index (χ0) is 30.4. The van der Waals surface area contributed by atoms with Gasteiger partial charge in [0.05, 0.1) is 0 Å². The molecule has 38 heavy (non-hydrogen) atoms. The Bertz CT molecular complexity index is 706. The minimum atomic E-state index is -4.49. The first-order valence-corrected chi connectivity index (χ1v) is 9.98. The number of halogens is 18. The summed E-state index contributed by atoms with van der Waals surface area (Å²) in [4.78, 5) is 10.2. The summed E-state index contributed by atoms with van der Waals surface area (Å²) in [5.74, 6) is -2.75. The quantitative estimate of drug-likeness (QED) is 0.214. The third kappa shape index (κ3) is 8.61. The van der Waals surface area contributed by atoms with Gasteiger partial charge in [-0.2, -0.15) is 0 Å². The summed E-state index contributed by atoms with van der Waals surface area (Å²) in [6.07, 6.45) is -73.1. The molecule has 2 nitrogen and oxygen atoms in total. The second-order valence-corrected chi connectivity index (χ2v) is 7.74. The van der Waals surface area contributed by atoms with E-state index >= 15 is 0 Å². The molecule has 0 bridgehead atoms. The maximum absolute atomic E-state index is 13.7. The summed E-state index contributed by atoms with van der Waals surface area (Å²) in [7, 11) is 0. The smallest absolute Gasteiger partial charge is 0.341 e. The van der Waals surface area contributed by atoms with Crippen LogP contribution >= 0.6 is 0 Å². The van der Waals surface area contributed by atoms with Crippen LogP contribution in [0.25, 0.3) is 0 Å². The fraction of sp³-hybridized carbons (Fsp3) is 0.944. The number of carboxylic acid groups (broad SMARTS) is 1. The second kappa shape index (κ2) is 15.1. The van der Waals surface area contributed by atoms with E-state index in [1.807, 2.05) is 0 Å². The maximum atomic E-state index is 13.7. The van der Waals surface area contributed by atoms with Gasteiger partial charge in [-0.25, -0.2) is 83.8 Å². The molecule has 0 fully saturated rings. The molecule has 0 heterocycles. The van der Waals surface area contributed by atoms with E-state index in [1.54, 1.807) is 0 Å². The van der Waals surface area contributed by atoms with Gasteiger partial charge in [0.1, 0.15) is 0 Å². The predicted molar refractivity (Wildman–Crippen MR) is 92.0 cm³/mol. The molecule has 0 saturated heterocycles. The van der Waals surface area contributed by atoms with Gasteiger partial charge in [-0.15, -0.1) is 0 Å². The molecule has 0 aliphatic carbocycles. The van der Waals surface area contributed by atoms with Crippen LogP contribution in [0.1, 0.15) is 0 Å². The van der Waals surface area contributed by atoms with Crippen molar-refractivity contribution < 1.29 is 88.9 Å². The van der Waals surface area contributed by atoms with Crippen LogP contribution in [0.3, 0.4) is 0 Å². The van der Waals surface area contributed by atoms with Gasteiger partial charge in [0, 0.05) is 0 Å². The van der Waals surface area contributed by atoms with E-state index < -0.39 is 111 Å². The van der Waals surface area contributed by atoms with Gasteiger partial charge in [-0.3, -0.25) is 0 Å². The first kappa shape index (κ1) is 36.2. The lowest BCUT2D eigenvalue weighted by Crippen LogP contribution is -2.52. The number of hydrogen-bond acceptors (Lipinski definition) is 1. The molecule has 0 amide bonds. The number of alkyl halides is 18. The molecular formula is C18H18F18O2. The molecule has 0 aromatic rings. The SMILES string of the molecule is O=C(O)C(F)C(F)C(F)C(F)C(F)C(F)C(F)C(F)C(F)C(F)C(F)C(F)C(F)C(F)C(F)C(F)C(F)F. The molecule has 16 unspecified atom stereocenters. The lowest BCUT2D eigenvalue weighted by atomic mass is 9.93. The summed E-state index contributed by atoms with van der Waals surface area (Å²) in [6, 6.07) is 0. The third-order valence-corrected chi connectivity index (χ3v) is 5.02. The Hall–Kier alpha value is -1.79. The van der Waals surface area contributed by atoms with Crippen molar-refractivity contribution in [3.63, 3.8) is 0 Å². The fourth-order valence-corrected chi connectivity index (χ4v) is 2.72. The largest absolute Gasteiger partial charge is 0.479 e. The highest BCUT2D eigenvalue weighted by Gasteiger charge is 2.53. The first-order valence-electron chi connectivity index (χ1n) is 9.98. The number of rotatable bonds is 17. The highest BCUT2D eigenvalue weighted by Crippen LogP contribution is 2.33. The number of hydrogen-bond donors (Lipinski definition) is 1. The zero-order valence-electron chi connectivity index (χ0n) is 18.0. The van der Waals surface area contributed by atoms with Crippen molar-refractivity contribution in [3.05, 3.63) is 0 Å². The Kier molecular flexibility index (Phi) is 14.4. The first-order chi connectivity index (χ1) is 17.2. The Morgan fingerprint density at radius 1 is 0.316 bits per heavy atom. The van der Waals surface area contributed by atoms with E-state index in [0.29, 0.717) is 0 Å². The monoisotopic (exact) mass is 608 g/mol. The number of carboxylic acids is 1. The Morgan fingerprint density at radius 2 is 0.474 bits per heavy atom. The molecule has 0 spiro atoms. The Morgan fingerprint density at radius 3 is 0.632 bits per heavy atom. The molecule has 20 heteroatoms. The molecule has 0 aromatic carbocycles. The van der Waals surface area contributed by atoms with Crippen LogP contribution < -0.4 is 0 Å². The van der Waals surface area contributed by atoms with Gasteiger partial charge >= 0.3 is 5.97 Å². The van der Waals surface area contributed by atoms with Crippen LogP contribution in [0, 0.1) is 0 Å². The fourth-order valence-electron chi connectivity index (χ4n) is 2.72. The maximum Gasteiger partial charge on any atom is 0.341 e. The molecular weight excluding hydrogens is 590 g/mol. The Balaban J connectivity index is 5.38. The van der Waals surface area contributed by atoms with Gasteiger partial charge in [0.25, 0.3) is 6.43 Å². The van der Waals surface area contributed by atoms with Crippen LogP contribution in [0.4, 0.5) is 79.0 Å². The highest BCUT2D eigenvalue weighted by molar-refractivity contribution is 5.73. The van der Waals surface area contributed by atoms with Crippen molar-refractivity contribution in [2.75, 3.05) is 0 Å². The standard InChI is InChI=1S/C18H18F18O2/c19-1(3(21)5(23)7(25)9(27)11(29)13(31)15(33)17(35)36)2(20)4(22)6(24)8(26)10(28)12(30)14(32)16(34)18(37)38/h1-17H,(H,37,38). The summed E-state index contributed by atoms with van der Waals surface area (Å²) in [6.45, 7) is 0. The molecule has 16 atom stereocenters. The molecule has 0 rings (SSSR count). The van der Waals surface area contributed by atoms with Gasteiger partial charge < -0.3 is 5.11 Å². The summed E-state index contributed by atoms with van der Waals surface area (Å²) in [5.41, 5.74) is 0. The topological polar surface area (TPSA) is 37.3 Å². The molecule has 1 N–H and O–H groups in total. The van der Waals surface area contributed by atoms with Crippen LogP contribution in [0.2, 0.25) is 0 Å². The molecule has 0 aromatic heterocycles. The van der Waals surface area contributed by atoms with Crippen LogP contribution in [-0.4, -0.2) is 116 Å². The lowest BCUT2D eigenvalue weighted by Gasteiger charge is -2.29. The average molecular weight is 608 g/mol. The number of aliphatic carboxylic acids is 1. The van der Waals surface area contributed by atoms with Crippen molar-refractivity contribution in [1.29, 1.82) is 0 Å². The van der Waals surface area contributed by atoms with Crippen molar-refractivity contribution in [2.24, 2.45) is 0 Å². The van der Waals surface area contributed by atoms with Crippen LogP contribution in [-0.2, 0) is 4.79 Å². The van der Waals surface area contributed by atoms with Crippen molar-refractivity contribution in [1.82, 2.24) is 0 Å². The molecule has 0 saturated carbocycles. The minimum Gasteiger partial charge on any atom is -0.479 e. The van der Waals surface area contributed by atoms with E-state index in [4.69, 9.17) is 5.11 Å². The summed E-state index contributed by atoms with van der Waals surface area (Å²) >= 11 is 0. The van der Waals surface area contributed by atoms with Gasteiger partial charge in [-0.1, -0.05) is 0 Å². The number of carbonyl (C=O) groups is 1. The predicted octanol–water partition coefficient (Wildman–Crippen LogP) is 5.75. The van der Waals surface area contributed by atoms with E-state index in [-0.39, 0.29) is 0 Å². The van der Waals surface area contributed by atoms with Gasteiger partial charge in [-0.05, 0) is 0 Å². The van der Waals surface area contributed by atoms with E-state index in [9.17, 15) is 83.8 Å². The zero-order valence-corrected chi connectivity index (χ0v) is 18.0. The third-order valence-electron chi connectivity index (χ3n) is 5.02. The van der Waals surface area contributed by atoms with Gasteiger partial charge in [0.15, 0.2) is 92.6 Å². The average Bonchev–Trinajstić information content (AvgIpc) is 2.89. The molecule has 0 aliphatic rings. The normalized spacial score (nSPS) is 25.4. The minimum absolute atomic E-state index is 2.75. The molecule has 0 radical (unpaired) electrons. The van der Waals surface area contributed by atoms with Crippen molar-refractivity contribution in [3.8, 4) is 0 Å². The van der Waals surface area contributed by atoms with Crippen LogP contribution in [0.15, 0.2) is 0 Å². The highest BCUT2D eigenvalue weighted by atomic mass is 19.3. The van der Waals surface area contributed by atoms with E-state index in [2.05, 4.69) is 0 Å². The summed E-state index contributed by atoms with van der Waals surface area (Å²) < 4.78 is 239. The van der Waals surface area contributed by atoms with Gasteiger partial charge in [0.2, 0.25) is 6.17 Å². The Labute approximate surface area is 201 Å². The summed E-state index contributed by atoms with van der Waals surface area (Å²) in [5, 5.41) is 8.10.